The molecule has 1 amide bonds. The maximum Gasteiger partial charge on any atom is 0.254 e. The molecule has 2 rings (SSSR count). The van der Waals surface area contributed by atoms with Gasteiger partial charge in [-0.15, -0.1) is 12.4 Å². The smallest absolute Gasteiger partial charge is 0.254 e. The van der Waals surface area contributed by atoms with E-state index in [1.165, 1.54) is 4.31 Å². The third-order valence-corrected chi connectivity index (χ3v) is 6.85. The van der Waals surface area contributed by atoms with Crippen molar-refractivity contribution in [2.75, 3.05) is 26.2 Å². The first-order valence-corrected chi connectivity index (χ1v) is 10.9. The van der Waals surface area contributed by atoms with Crippen LogP contribution in [-0.2, 0) is 10.0 Å². The molecule has 1 saturated heterocycles. The molecule has 0 radical (unpaired) electrons. The molecule has 0 bridgehead atoms. The van der Waals surface area contributed by atoms with Crippen LogP contribution in [0.25, 0.3) is 0 Å². The fraction of sp³-hybridized carbons (Fsp3) is 0.632. The molecule has 6 nitrogen and oxygen atoms in total. The molecule has 0 spiro atoms. The van der Waals surface area contributed by atoms with Gasteiger partial charge in [-0.3, -0.25) is 4.79 Å². The molecule has 154 valence electrons. The van der Waals surface area contributed by atoms with Gasteiger partial charge in [0.1, 0.15) is 0 Å². The normalized spacial score (nSPS) is 20.0. The SMILES string of the molecule is CCCN(CCC)S(=O)(=O)c1ccc(C(=O)N2CC(CN)CC2C)cc1.Cl. The van der Waals surface area contributed by atoms with E-state index in [1.54, 1.807) is 24.3 Å². The fourth-order valence-corrected chi connectivity index (χ4v) is 5.16. The molecule has 2 N–H and O–H groups in total. The van der Waals surface area contributed by atoms with E-state index < -0.39 is 10.0 Å². The lowest BCUT2D eigenvalue weighted by molar-refractivity contribution is 0.0743. The van der Waals surface area contributed by atoms with Gasteiger partial charge in [-0.1, -0.05) is 13.8 Å². The Labute approximate surface area is 169 Å². The van der Waals surface area contributed by atoms with E-state index in [1.807, 2.05) is 25.7 Å². The van der Waals surface area contributed by atoms with Gasteiger partial charge in [0.25, 0.3) is 5.91 Å². The number of carbonyl (C=O) groups excluding carboxylic acids is 1. The van der Waals surface area contributed by atoms with Gasteiger partial charge >= 0.3 is 0 Å². The highest BCUT2D eigenvalue weighted by molar-refractivity contribution is 7.89. The standard InChI is InChI=1S/C19H31N3O3S.ClH/c1-4-10-21(11-5-2)26(24,25)18-8-6-17(7-9-18)19(23)22-14-16(13-20)12-15(22)3;/h6-9,15-16H,4-5,10-14,20H2,1-3H3;1H. The molecule has 2 atom stereocenters. The summed E-state index contributed by atoms with van der Waals surface area (Å²) in [6.07, 6.45) is 2.45. The van der Waals surface area contributed by atoms with Crippen molar-refractivity contribution in [3.63, 3.8) is 0 Å². The van der Waals surface area contributed by atoms with Crippen LogP contribution in [0, 0.1) is 5.92 Å². The minimum Gasteiger partial charge on any atom is -0.336 e. The molecule has 1 aromatic rings. The summed E-state index contributed by atoms with van der Waals surface area (Å²) in [5.41, 5.74) is 6.25. The molecule has 2 unspecified atom stereocenters. The first kappa shape index (κ1) is 23.9. The van der Waals surface area contributed by atoms with Crippen LogP contribution in [0.2, 0.25) is 0 Å². The van der Waals surface area contributed by atoms with Gasteiger partial charge in [-0.2, -0.15) is 4.31 Å². The van der Waals surface area contributed by atoms with E-state index in [0.717, 1.165) is 19.3 Å². The van der Waals surface area contributed by atoms with Crippen LogP contribution in [0.1, 0.15) is 50.4 Å². The van der Waals surface area contributed by atoms with Crippen LogP contribution in [0.15, 0.2) is 29.2 Å². The van der Waals surface area contributed by atoms with Crippen LogP contribution >= 0.6 is 12.4 Å². The maximum absolute atomic E-state index is 12.8. The second-order valence-electron chi connectivity index (χ2n) is 7.07. The van der Waals surface area contributed by atoms with E-state index in [4.69, 9.17) is 5.73 Å². The highest BCUT2D eigenvalue weighted by atomic mass is 35.5. The van der Waals surface area contributed by atoms with Gasteiger partial charge in [0.2, 0.25) is 10.0 Å². The van der Waals surface area contributed by atoms with Gasteiger partial charge in [-0.05, 0) is 62.9 Å². The number of halogens is 1. The number of likely N-dealkylation sites (tertiary alicyclic amines) is 1. The first-order valence-electron chi connectivity index (χ1n) is 9.46. The quantitative estimate of drug-likeness (QED) is 0.704. The van der Waals surface area contributed by atoms with Crippen molar-refractivity contribution >= 4 is 28.3 Å². The average molecular weight is 418 g/mol. The summed E-state index contributed by atoms with van der Waals surface area (Å²) in [6, 6.07) is 6.48. The molecule has 27 heavy (non-hydrogen) atoms. The lowest BCUT2D eigenvalue weighted by Crippen LogP contribution is -2.34. The summed E-state index contributed by atoms with van der Waals surface area (Å²) >= 11 is 0. The summed E-state index contributed by atoms with van der Waals surface area (Å²) in [7, 11) is -3.52. The third kappa shape index (κ3) is 5.44. The monoisotopic (exact) mass is 417 g/mol. The second-order valence-corrected chi connectivity index (χ2v) is 9.01. The van der Waals surface area contributed by atoms with Crippen LogP contribution < -0.4 is 5.73 Å². The van der Waals surface area contributed by atoms with Gasteiger partial charge in [0, 0.05) is 31.2 Å². The highest BCUT2D eigenvalue weighted by Gasteiger charge is 2.32. The molecular formula is C19H32ClN3O3S. The van der Waals surface area contributed by atoms with Crippen LogP contribution in [0.3, 0.4) is 0 Å². The maximum atomic E-state index is 12.8. The Morgan fingerprint density at radius 2 is 1.74 bits per heavy atom. The van der Waals surface area contributed by atoms with E-state index in [9.17, 15) is 13.2 Å². The average Bonchev–Trinajstić information content (AvgIpc) is 3.02. The molecule has 8 heteroatoms. The zero-order valence-electron chi connectivity index (χ0n) is 16.4. The van der Waals surface area contributed by atoms with Crippen LogP contribution in [0.5, 0.6) is 0 Å². The van der Waals surface area contributed by atoms with Crippen molar-refractivity contribution < 1.29 is 13.2 Å². The van der Waals surface area contributed by atoms with Crippen molar-refractivity contribution in [1.29, 1.82) is 0 Å². The number of hydrogen-bond acceptors (Lipinski definition) is 4. The minimum atomic E-state index is -3.52. The zero-order chi connectivity index (χ0) is 19.3. The van der Waals surface area contributed by atoms with Crippen molar-refractivity contribution in [1.82, 2.24) is 9.21 Å². The third-order valence-electron chi connectivity index (χ3n) is 4.94. The lowest BCUT2D eigenvalue weighted by atomic mass is 10.1. The minimum absolute atomic E-state index is 0. The van der Waals surface area contributed by atoms with Crippen molar-refractivity contribution in [3.8, 4) is 0 Å². The summed E-state index contributed by atoms with van der Waals surface area (Å²) in [6.45, 7) is 8.20. The van der Waals surface area contributed by atoms with E-state index in [0.29, 0.717) is 37.7 Å². The Bertz CT molecular complexity index is 703. The summed E-state index contributed by atoms with van der Waals surface area (Å²) in [5.74, 6) is 0.279. The number of hydrogen-bond donors (Lipinski definition) is 1. The van der Waals surface area contributed by atoms with Gasteiger partial charge < -0.3 is 10.6 Å². The number of rotatable bonds is 8. The molecule has 0 aliphatic carbocycles. The molecule has 0 aromatic heterocycles. The molecule has 1 aromatic carbocycles. The summed E-state index contributed by atoms with van der Waals surface area (Å²) in [5, 5.41) is 0. The summed E-state index contributed by atoms with van der Waals surface area (Å²) in [4.78, 5) is 14.8. The number of nitrogens with two attached hydrogens (primary N) is 1. The Morgan fingerprint density at radius 3 is 2.19 bits per heavy atom. The van der Waals surface area contributed by atoms with Crippen molar-refractivity contribution in [2.45, 2.75) is 51.0 Å². The van der Waals surface area contributed by atoms with Gasteiger partial charge in [0.15, 0.2) is 0 Å². The first-order chi connectivity index (χ1) is 12.3. The second kappa shape index (κ2) is 10.4. The van der Waals surface area contributed by atoms with Crippen molar-refractivity contribution in [3.05, 3.63) is 29.8 Å². The van der Waals surface area contributed by atoms with Crippen molar-refractivity contribution in [2.24, 2.45) is 11.7 Å². The number of sulfonamides is 1. The van der Waals surface area contributed by atoms with E-state index in [2.05, 4.69) is 0 Å². The lowest BCUT2D eigenvalue weighted by Gasteiger charge is -2.23. The molecular weight excluding hydrogens is 386 g/mol. The van der Waals surface area contributed by atoms with Crippen LogP contribution in [0.4, 0.5) is 0 Å². The highest BCUT2D eigenvalue weighted by Crippen LogP contribution is 2.25. The molecule has 1 aliphatic rings. The number of benzene rings is 1. The predicted octanol–water partition coefficient (Wildman–Crippen LogP) is 2.73. The predicted molar refractivity (Wildman–Crippen MR) is 111 cm³/mol. The number of amides is 1. The van der Waals surface area contributed by atoms with Gasteiger partial charge in [0.05, 0.1) is 4.90 Å². The fourth-order valence-electron chi connectivity index (χ4n) is 3.53. The van der Waals surface area contributed by atoms with Gasteiger partial charge in [-0.25, -0.2) is 8.42 Å². The Hall–Kier alpha value is -1.15. The largest absolute Gasteiger partial charge is 0.336 e. The number of nitrogens with zero attached hydrogens (tertiary/aromatic N) is 2. The molecule has 1 heterocycles. The topological polar surface area (TPSA) is 83.7 Å². The van der Waals surface area contributed by atoms with Crippen LogP contribution in [-0.4, -0.2) is 55.8 Å². The molecule has 1 aliphatic heterocycles. The Morgan fingerprint density at radius 1 is 1.19 bits per heavy atom. The Balaban J connectivity index is 0.00000364. The molecule has 1 fully saturated rings. The Kier molecular flexibility index (Phi) is 9.21. The summed E-state index contributed by atoms with van der Waals surface area (Å²) < 4.78 is 27.1. The van der Waals surface area contributed by atoms with E-state index >= 15 is 0 Å². The van der Waals surface area contributed by atoms with E-state index in [-0.39, 0.29) is 29.3 Å². The number of carbonyl (C=O) groups is 1. The zero-order valence-corrected chi connectivity index (χ0v) is 18.1. The molecule has 0 saturated carbocycles.